The number of nitrogens with zero attached hydrogens (tertiary/aromatic N) is 1. The van der Waals surface area contributed by atoms with Crippen molar-refractivity contribution in [1.29, 1.82) is 0 Å². The summed E-state index contributed by atoms with van der Waals surface area (Å²) in [5, 5.41) is 0.547. The Morgan fingerprint density at radius 3 is 3.25 bits per heavy atom. The Bertz CT molecular complexity index is 299. The van der Waals surface area contributed by atoms with Gasteiger partial charge in [0, 0.05) is 12.2 Å². The molecule has 1 atom stereocenters. The van der Waals surface area contributed by atoms with Gasteiger partial charge in [-0.05, 0) is 36.5 Å². The van der Waals surface area contributed by atoms with Crippen molar-refractivity contribution in [3.05, 3.63) is 28.5 Å². The SMILES string of the molecule is NC1CCCc2cnc(Cl)cc21. The molecule has 1 aromatic rings. The van der Waals surface area contributed by atoms with Gasteiger partial charge in [0.1, 0.15) is 5.15 Å². The zero-order valence-electron chi connectivity index (χ0n) is 6.76. The van der Waals surface area contributed by atoms with Crippen molar-refractivity contribution in [3.8, 4) is 0 Å². The first-order chi connectivity index (χ1) is 5.77. The molecule has 3 heteroatoms. The summed E-state index contributed by atoms with van der Waals surface area (Å²) in [5.41, 5.74) is 8.37. The predicted molar refractivity (Wildman–Crippen MR) is 49.1 cm³/mol. The van der Waals surface area contributed by atoms with Crippen molar-refractivity contribution >= 4 is 11.6 Å². The third kappa shape index (κ3) is 1.32. The number of aryl methyl sites for hydroxylation is 1. The second-order valence-electron chi connectivity index (χ2n) is 3.20. The number of aromatic nitrogens is 1. The van der Waals surface area contributed by atoms with Gasteiger partial charge in [-0.15, -0.1) is 0 Å². The molecule has 2 rings (SSSR count). The Morgan fingerprint density at radius 2 is 2.42 bits per heavy atom. The normalized spacial score (nSPS) is 22.0. The van der Waals surface area contributed by atoms with Crippen LogP contribution in [-0.4, -0.2) is 4.98 Å². The summed E-state index contributed by atoms with van der Waals surface area (Å²) in [7, 11) is 0. The molecule has 0 fully saturated rings. The van der Waals surface area contributed by atoms with E-state index < -0.39 is 0 Å². The lowest BCUT2D eigenvalue weighted by Gasteiger charge is -2.21. The molecule has 0 bridgehead atoms. The number of fused-ring (bicyclic) bond motifs is 1. The molecule has 1 aliphatic rings. The molecule has 0 radical (unpaired) electrons. The number of hydrogen-bond acceptors (Lipinski definition) is 2. The molecular formula is C9H11ClN2. The molecule has 12 heavy (non-hydrogen) atoms. The number of halogens is 1. The monoisotopic (exact) mass is 182 g/mol. The van der Waals surface area contributed by atoms with Crippen LogP contribution in [0.3, 0.4) is 0 Å². The van der Waals surface area contributed by atoms with Gasteiger partial charge in [0.05, 0.1) is 0 Å². The molecule has 1 aromatic heterocycles. The standard InChI is InChI=1S/C9H11ClN2/c10-9-4-7-6(5-12-9)2-1-3-8(7)11/h4-5,8H,1-3,11H2. The molecule has 0 saturated carbocycles. The van der Waals surface area contributed by atoms with Crippen molar-refractivity contribution in [2.24, 2.45) is 5.73 Å². The fourth-order valence-electron chi connectivity index (χ4n) is 1.69. The van der Waals surface area contributed by atoms with Gasteiger partial charge in [-0.25, -0.2) is 4.98 Å². The Balaban J connectivity index is 2.47. The summed E-state index contributed by atoms with van der Waals surface area (Å²) in [6.45, 7) is 0. The Hall–Kier alpha value is -0.600. The summed E-state index contributed by atoms with van der Waals surface area (Å²) in [6.07, 6.45) is 5.16. The highest BCUT2D eigenvalue weighted by Gasteiger charge is 2.16. The number of rotatable bonds is 0. The topological polar surface area (TPSA) is 38.9 Å². The Kier molecular flexibility index (Phi) is 2.03. The largest absolute Gasteiger partial charge is 0.324 e. The second-order valence-corrected chi connectivity index (χ2v) is 3.59. The fraction of sp³-hybridized carbons (Fsp3) is 0.444. The maximum absolute atomic E-state index is 5.93. The zero-order chi connectivity index (χ0) is 8.55. The molecule has 0 aliphatic heterocycles. The highest BCUT2D eigenvalue weighted by atomic mass is 35.5. The first-order valence-electron chi connectivity index (χ1n) is 4.17. The van der Waals surface area contributed by atoms with Crippen LogP contribution in [0.25, 0.3) is 0 Å². The van der Waals surface area contributed by atoms with Gasteiger partial charge in [-0.2, -0.15) is 0 Å². The van der Waals surface area contributed by atoms with Crippen molar-refractivity contribution < 1.29 is 0 Å². The number of pyridine rings is 1. The maximum Gasteiger partial charge on any atom is 0.129 e. The minimum atomic E-state index is 0.161. The lowest BCUT2D eigenvalue weighted by molar-refractivity contribution is 0.568. The molecule has 0 amide bonds. The summed E-state index contributed by atoms with van der Waals surface area (Å²) in [4.78, 5) is 4.04. The predicted octanol–water partition coefficient (Wildman–Crippen LogP) is 2.07. The molecule has 2 nitrogen and oxygen atoms in total. The quantitative estimate of drug-likeness (QED) is 0.624. The summed E-state index contributed by atoms with van der Waals surface area (Å²) < 4.78 is 0. The van der Waals surface area contributed by atoms with Crippen LogP contribution in [0.1, 0.15) is 30.0 Å². The van der Waals surface area contributed by atoms with E-state index in [2.05, 4.69) is 4.98 Å². The summed E-state index contributed by atoms with van der Waals surface area (Å²) in [5.74, 6) is 0. The van der Waals surface area contributed by atoms with E-state index in [0.29, 0.717) is 5.15 Å². The molecule has 1 heterocycles. The van der Waals surface area contributed by atoms with Gasteiger partial charge in [0.15, 0.2) is 0 Å². The zero-order valence-corrected chi connectivity index (χ0v) is 7.51. The van der Waals surface area contributed by atoms with Crippen LogP contribution in [-0.2, 0) is 6.42 Å². The van der Waals surface area contributed by atoms with E-state index in [4.69, 9.17) is 17.3 Å². The average molecular weight is 183 g/mol. The first-order valence-corrected chi connectivity index (χ1v) is 4.55. The smallest absolute Gasteiger partial charge is 0.129 e. The fourth-order valence-corrected chi connectivity index (χ4v) is 1.86. The second kappa shape index (κ2) is 3.04. The maximum atomic E-state index is 5.93. The third-order valence-electron chi connectivity index (χ3n) is 2.35. The molecule has 0 saturated heterocycles. The van der Waals surface area contributed by atoms with Crippen LogP contribution in [0.4, 0.5) is 0 Å². The van der Waals surface area contributed by atoms with Crippen molar-refractivity contribution in [2.75, 3.05) is 0 Å². The van der Waals surface area contributed by atoms with Crippen LogP contribution in [0.2, 0.25) is 5.15 Å². The minimum Gasteiger partial charge on any atom is -0.324 e. The molecule has 64 valence electrons. The minimum absolute atomic E-state index is 0.161. The van der Waals surface area contributed by atoms with E-state index in [0.717, 1.165) is 19.3 Å². The highest BCUT2D eigenvalue weighted by molar-refractivity contribution is 6.29. The molecule has 0 spiro atoms. The number of nitrogens with two attached hydrogens (primary N) is 1. The number of hydrogen-bond donors (Lipinski definition) is 1. The van der Waals surface area contributed by atoms with Gasteiger partial charge < -0.3 is 5.73 Å². The average Bonchev–Trinajstić information content (AvgIpc) is 2.07. The van der Waals surface area contributed by atoms with Gasteiger partial charge in [-0.1, -0.05) is 11.6 Å². The van der Waals surface area contributed by atoms with E-state index in [1.54, 1.807) is 0 Å². The molecule has 0 aromatic carbocycles. The van der Waals surface area contributed by atoms with Crippen LogP contribution in [0.5, 0.6) is 0 Å². The molecule has 1 unspecified atom stereocenters. The highest BCUT2D eigenvalue weighted by Crippen LogP contribution is 2.28. The van der Waals surface area contributed by atoms with E-state index in [-0.39, 0.29) is 6.04 Å². The van der Waals surface area contributed by atoms with Gasteiger partial charge in [0.2, 0.25) is 0 Å². The van der Waals surface area contributed by atoms with E-state index >= 15 is 0 Å². The Labute approximate surface area is 76.7 Å². The van der Waals surface area contributed by atoms with Gasteiger partial charge in [-0.3, -0.25) is 0 Å². The molecule has 2 N–H and O–H groups in total. The lowest BCUT2D eigenvalue weighted by Crippen LogP contribution is -2.17. The third-order valence-corrected chi connectivity index (χ3v) is 2.56. The van der Waals surface area contributed by atoms with Crippen LogP contribution in [0.15, 0.2) is 12.3 Å². The van der Waals surface area contributed by atoms with Crippen LogP contribution in [0, 0.1) is 0 Å². The molecular weight excluding hydrogens is 172 g/mol. The van der Waals surface area contributed by atoms with E-state index in [1.807, 2.05) is 12.3 Å². The molecule has 1 aliphatic carbocycles. The van der Waals surface area contributed by atoms with E-state index in [9.17, 15) is 0 Å². The summed E-state index contributed by atoms with van der Waals surface area (Å²) >= 11 is 5.78. The van der Waals surface area contributed by atoms with E-state index in [1.165, 1.54) is 11.1 Å². The van der Waals surface area contributed by atoms with Crippen LogP contribution < -0.4 is 5.73 Å². The van der Waals surface area contributed by atoms with Gasteiger partial charge in [0.25, 0.3) is 0 Å². The Morgan fingerprint density at radius 1 is 1.58 bits per heavy atom. The van der Waals surface area contributed by atoms with Crippen molar-refractivity contribution in [1.82, 2.24) is 4.98 Å². The summed E-state index contributed by atoms with van der Waals surface area (Å²) in [6, 6.07) is 2.05. The van der Waals surface area contributed by atoms with Crippen LogP contribution >= 0.6 is 11.6 Å². The van der Waals surface area contributed by atoms with Crippen molar-refractivity contribution in [2.45, 2.75) is 25.3 Å². The van der Waals surface area contributed by atoms with Gasteiger partial charge >= 0.3 is 0 Å². The van der Waals surface area contributed by atoms with Crippen molar-refractivity contribution in [3.63, 3.8) is 0 Å². The lowest BCUT2D eigenvalue weighted by atomic mass is 9.90. The first kappa shape index (κ1) is 8.02.